The van der Waals surface area contributed by atoms with Crippen LogP contribution in [0.1, 0.15) is 18.1 Å². The molecule has 0 bridgehead atoms. The van der Waals surface area contributed by atoms with Crippen LogP contribution in [0.15, 0.2) is 12.1 Å². The first-order valence-electron chi connectivity index (χ1n) is 4.77. The lowest BCUT2D eigenvalue weighted by atomic mass is 10.0. The van der Waals surface area contributed by atoms with Crippen LogP contribution in [0.25, 0.3) is 0 Å². The minimum Gasteiger partial charge on any atom is -0.482 e. The first-order valence-corrected chi connectivity index (χ1v) is 4.77. The molecule has 1 heterocycles. The topological polar surface area (TPSA) is 38.3 Å². The van der Waals surface area contributed by atoms with Crippen LogP contribution in [0.5, 0.6) is 5.75 Å². The fourth-order valence-electron chi connectivity index (χ4n) is 1.66. The molecule has 1 N–H and O–H groups in total. The van der Waals surface area contributed by atoms with E-state index < -0.39 is 0 Å². The van der Waals surface area contributed by atoms with Crippen molar-refractivity contribution in [1.82, 2.24) is 0 Å². The summed E-state index contributed by atoms with van der Waals surface area (Å²) in [5.41, 5.74) is 3.24. The number of ether oxygens (including phenoxy) is 1. The van der Waals surface area contributed by atoms with Crippen molar-refractivity contribution in [3.8, 4) is 5.75 Å². The number of aryl methyl sites for hydroxylation is 2. The van der Waals surface area contributed by atoms with Crippen LogP contribution in [0, 0.1) is 6.92 Å². The van der Waals surface area contributed by atoms with Gasteiger partial charge >= 0.3 is 0 Å². The summed E-state index contributed by atoms with van der Waals surface area (Å²) < 4.78 is 5.32. The zero-order valence-corrected chi connectivity index (χ0v) is 8.39. The van der Waals surface area contributed by atoms with Crippen molar-refractivity contribution in [2.45, 2.75) is 20.3 Å². The van der Waals surface area contributed by atoms with E-state index in [-0.39, 0.29) is 12.5 Å². The highest BCUT2D eigenvalue weighted by Crippen LogP contribution is 2.30. The Bertz CT molecular complexity index is 385. The van der Waals surface area contributed by atoms with Gasteiger partial charge in [0, 0.05) is 0 Å². The van der Waals surface area contributed by atoms with E-state index in [9.17, 15) is 4.79 Å². The van der Waals surface area contributed by atoms with Crippen molar-refractivity contribution in [2.75, 3.05) is 11.9 Å². The number of amides is 1. The molecule has 1 aromatic rings. The molecular formula is C11H13NO2. The van der Waals surface area contributed by atoms with E-state index in [1.165, 1.54) is 11.1 Å². The molecule has 0 spiro atoms. The van der Waals surface area contributed by atoms with Crippen LogP contribution < -0.4 is 10.1 Å². The first kappa shape index (κ1) is 9.06. The molecule has 3 nitrogen and oxygen atoms in total. The van der Waals surface area contributed by atoms with Crippen molar-refractivity contribution in [3.63, 3.8) is 0 Å². The summed E-state index contributed by atoms with van der Waals surface area (Å²) in [7, 11) is 0. The lowest BCUT2D eigenvalue weighted by molar-refractivity contribution is -0.118. The highest BCUT2D eigenvalue weighted by Gasteiger charge is 2.16. The van der Waals surface area contributed by atoms with Gasteiger partial charge in [0.15, 0.2) is 6.61 Å². The van der Waals surface area contributed by atoms with Crippen molar-refractivity contribution >= 4 is 11.6 Å². The van der Waals surface area contributed by atoms with Crippen LogP contribution in [0.2, 0.25) is 0 Å². The van der Waals surface area contributed by atoms with Gasteiger partial charge in [0.1, 0.15) is 5.75 Å². The highest BCUT2D eigenvalue weighted by molar-refractivity contribution is 5.95. The number of nitrogens with one attached hydrogen (secondary N) is 1. The molecule has 0 fully saturated rings. The Morgan fingerprint density at radius 3 is 3.00 bits per heavy atom. The van der Waals surface area contributed by atoms with Crippen LogP contribution in [0.3, 0.4) is 0 Å². The number of anilines is 1. The molecule has 3 heteroatoms. The quantitative estimate of drug-likeness (QED) is 0.736. The van der Waals surface area contributed by atoms with Gasteiger partial charge < -0.3 is 10.1 Å². The van der Waals surface area contributed by atoms with Crippen LogP contribution in [-0.4, -0.2) is 12.5 Å². The van der Waals surface area contributed by atoms with Gasteiger partial charge in [-0.1, -0.05) is 6.92 Å². The molecule has 14 heavy (non-hydrogen) atoms. The number of hydrogen-bond donors (Lipinski definition) is 1. The van der Waals surface area contributed by atoms with Gasteiger partial charge in [-0.05, 0) is 36.6 Å². The van der Waals surface area contributed by atoms with Crippen LogP contribution in [-0.2, 0) is 11.2 Å². The first-order chi connectivity index (χ1) is 6.70. The normalized spacial score (nSPS) is 14.3. The summed E-state index contributed by atoms with van der Waals surface area (Å²) >= 11 is 0. The minimum absolute atomic E-state index is 0.0823. The van der Waals surface area contributed by atoms with Crippen molar-refractivity contribution in [2.24, 2.45) is 0 Å². The summed E-state index contributed by atoms with van der Waals surface area (Å²) in [5, 5.41) is 2.79. The fourth-order valence-corrected chi connectivity index (χ4v) is 1.66. The van der Waals surface area contributed by atoms with Crippen molar-refractivity contribution in [3.05, 3.63) is 23.3 Å². The molecule has 0 radical (unpaired) electrons. The summed E-state index contributed by atoms with van der Waals surface area (Å²) in [5.74, 6) is 0.702. The Labute approximate surface area is 83.1 Å². The van der Waals surface area contributed by atoms with Gasteiger partial charge in [-0.3, -0.25) is 4.79 Å². The Balaban J connectivity index is 2.45. The van der Waals surface area contributed by atoms with E-state index in [0.29, 0.717) is 0 Å². The predicted octanol–water partition coefficient (Wildman–Crippen LogP) is 1.89. The second-order valence-electron chi connectivity index (χ2n) is 3.47. The monoisotopic (exact) mass is 191 g/mol. The summed E-state index contributed by atoms with van der Waals surface area (Å²) in [4.78, 5) is 11.1. The van der Waals surface area contributed by atoms with Crippen molar-refractivity contribution in [1.29, 1.82) is 0 Å². The molecule has 2 rings (SSSR count). The van der Waals surface area contributed by atoms with Gasteiger partial charge in [0.05, 0.1) is 5.69 Å². The molecule has 0 aromatic heterocycles. The van der Waals surface area contributed by atoms with E-state index >= 15 is 0 Å². The minimum atomic E-state index is -0.0823. The Morgan fingerprint density at radius 2 is 2.29 bits per heavy atom. The Hall–Kier alpha value is -1.51. The average Bonchev–Trinajstić information content (AvgIpc) is 2.16. The lowest BCUT2D eigenvalue weighted by Gasteiger charge is -2.19. The standard InChI is InChI=1S/C11H13NO2/c1-3-8-5-10-9(4-7(8)2)12-11(13)6-14-10/h4-5H,3,6H2,1-2H3,(H,12,13). The third kappa shape index (κ3) is 1.45. The molecular weight excluding hydrogens is 178 g/mol. The average molecular weight is 191 g/mol. The number of rotatable bonds is 1. The fraction of sp³-hybridized carbons (Fsp3) is 0.364. The van der Waals surface area contributed by atoms with Gasteiger partial charge in [0.2, 0.25) is 0 Å². The molecule has 0 unspecified atom stereocenters. The lowest BCUT2D eigenvalue weighted by Crippen LogP contribution is -2.25. The molecule has 0 atom stereocenters. The molecule has 1 aromatic carbocycles. The van der Waals surface area contributed by atoms with Gasteiger partial charge in [-0.25, -0.2) is 0 Å². The van der Waals surface area contributed by atoms with E-state index in [4.69, 9.17) is 4.74 Å². The molecule has 74 valence electrons. The largest absolute Gasteiger partial charge is 0.482 e. The Morgan fingerprint density at radius 1 is 1.50 bits per heavy atom. The maximum Gasteiger partial charge on any atom is 0.262 e. The highest BCUT2D eigenvalue weighted by atomic mass is 16.5. The number of carbonyl (C=O) groups excluding carboxylic acids is 1. The SMILES string of the molecule is CCc1cc2c(cc1C)NC(=O)CO2. The maximum absolute atomic E-state index is 11.1. The second kappa shape index (κ2) is 3.33. The molecule has 0 saturated heterocycles. The third-order valence-corrected chi connectivity index (χ3v) is 2.45. The smallest absolute Gasteiger partial charge is 0.262 e. The number of benzene rings is 1. The second-order valence-corrected chi connectivity index (χ2v) is 3.47. The zero-order chi connectivity index (χ0) is 10.1. The zero-order valence-electron chi connectivity index (χ0n) is 8.39. The summed E-state index contributed by atoms with van der Waals surface area (Å²) in [6.07, 6.45) is 0.983. The number of hydrogen-bond acceptors (Lipinski definition) is 2. The molecule has 0 saturated carbocycles. The number of fused-ring (bicyclic) bond motifs is 1. The van der Waals surface area contributed by atoms with Crippen LogP contribution >= 0.6 is 0 Å². The van der Waals surface area contributed by atoms with E-state index in [1.54, 1.807) is 0 Å². The van der Waals surface area contributed by atoms with E-state index in [1.807, 2.05) is 19.1 Å². The summed E-state index contributed by atoms with van der Waals surface area (Å²) in [6.45, 7) is 4.27. The Kier molecular flexibility index (Phi) is 2.15. The molecule has 1 aliphatic heterocycles. The molecule has 1 aliphatic rings. The van der Waals surface area contributed by atoms with E-state index in [2.05, 4.69) is 12.2 Å². The van der Waals surface area contributed by atoms with Gasteiger partial charge in [-0.15, -0.1) is 0 Å². The van der Waals surface area contributed by atoms with Crippen LogP contribution in [0.4, 0.5) is 5.69 Å². The third-order valence-electron chi connectivity index (χ3n) is 2.45. The van der Waals surface area contributed by atoms with Crippen molar-refractivity contribution < 1.29 is 9.53 Å². The van der Waals surface area contributed by atoms with Gasteiger partial charge in [0.25, 0.3) is 5.91 Å². The van der Waals surface area contributed by atoms with Gasteiger partial charge in [-0.2, -0.15) is 0 Å². The number of carbonyl (C=O) groups is 1. The predicted molar refractivity (Wildman–Crippen MR) is 54.7 cm³/mol. The van der Waals surface area contributed by atoms with E-state index in [0.717, 1.165) is 17.9 Å². The summed E-state index contributed by atoms with van der Waals surface area (Å²) in [6, 6.07) is 3.97. The molecule has 1 amide bonds. The molecule has 0 aliphatic carbocycles. The maximum atomic E-state index is 11.1.